The molecule has 1 aromatic heterocycles. The molecule has 0 bridgehead atoms. The number of thiophene rings is 1. The number of carbonyl (C=O) groups excluding carboxylic acids is 1. The molecule has 0 unspecified atom stereocenters. The fraction of sp³-hybridized carbons (Fsp3) is 0. The standard InChI is InChI=1S/C11H9ClN2OS/c12-10-2-1-7(13)5-9(10)11(15)14-8-3-4-16-6-8/h1-6H,13H2,(H,14,15). The molecule has 0 aliphatic rings. The number of hydrogen-bond donors (Lipinski definition) is 2. The molecule has 0 atom stereocenters. The monoisotopic (exact) mass is 252 g/mol. The van der Waals surface area contributed by atoms with Crippen LogP contribution in [0.5, 0.6) is 0 Å². The highest BCUT2D eigenvalue weighted by Crippen LogP contribution is 2.21. The van der Waals surface area contributed by atoms with Gasteiger partial charge in [0.1, 0.15) is 0 Å². The summed E-state index contributed by atoms with van der Waals surface area (Å²) >= 11 is 7.43. The van der Waals surface area contributed by atoms with Crippen LogP contribution >= 0.6 is 22.9 Å². The van der Waals surface area contributed by atoms with Gasteiger partial charge in [-0.2, -0.15) is 11.3 Å². The summed E-state index contributed by atoms with van der Waals surface area (Å²) in [6, 6.07) is 6.65. The van der Waals surface area contributed by atoms with Gasteiger partial charge < -0.3 is 11.1 Å². The maximum Gasteiger partial charge on any atom is 0.257 e. The molecule has 1 amide bonds. The predicted octanol–water partition coefficient (Wildman–Crippen LogP) is 3.24. The van der Waals surface area contributed by atoms with Gasteiger partial charge in [0.15, 0.2) is 0 Å². The molecule has 82 valence electrons. The van der Waals surface area contributed by atoms with E-state index >= 15 is 0 Å². The van der Waals surface area contributed by atoms with Gasteiger partial charge in [-0.15, -0.1) is 0 Å². The van der Waals surface area contributed by atoms with Gasteiger partial charge in [0.05, 0.1) is 16.3 Å². The molecule has 0 fully saturated rings. The maximum absolute atomic E-state index is 11.8. The van der Waals surface area contributed by atoms with Gasteiger partial charge >= 0.3 is 0 Å². The Morgan fingerprint density at radius 3 is 2.88 bits per heavy atom. The normalized spacial score (nSPS) is 10.1. The van der Waals surface area contributed by atoms with Crippen LogP contribution in [0.3, 0.4) is 0 Å². The molecular weight excluding hydrogens is 244 g/mol. The van der Waals surface area contributed by atoms with Crippen LogP contribution < -0.4 is 11.1 Å². The third-order valence-electron chi connectivity index (χ3n) is 2.01. The summed E-state index contributed by atoms with van der Waals surface area (Å²) in [7, 11) is 0. The molecule has 16 heavy (non-hydrogen) atoms. The third kappa shape index (κ3) is 2.35. The lowest BCUT2D eigenvalue weighted by Crippen LogP contribution is -2.12. The number of hydrogen-bond acceptors (Lipinski definition) is 3. The average Bonchev–Trinajstić information content (AvgIpc) is 2.74. The number of nitrogens with two attached hydrogens (primary N) is 1. The largest absolute Gasteiger partial charge is 0.399 e. The summed E-state index contributed by atoms with van der Waals surface area (Å²) < 4.78 is 0. The van der Waals surface area contributed by atoms with Crippen molar-refractivity contribution >= 4 is 40.2 Å². The zero-order chi connectivity index (χ0) is 11.5. The Morgan fingerprint density at radius 2 is 2.19 bits per heavy atom. The van der Waals surface area contributed by atoms with Crippen LogP contribution in [0.2, 0.25) is 5.02 Å². The number of benzene rings is 1. The molecule has 0 saturated heterocycles. The van der Waals surface area contributed by atoms with Gasteiger partial charge in [0.25, 0.3) is 5.91 Å². The van der Waals surface area contributed by atoms with Crippen molar-refractivity contribution in [3.05, 3.63) is 45.6 Å². The number of nitrogen functional groups attached to an aromatic ring is 1. The molecule has 2 aromatic rings. The van der Waals surface area contributed by atoms with Crippen LogP contribution in [0.4, 0.5) is 11.4 Å². The lowest BCUT2D eigenvalue weighted by molar-refractivity contribution is 0.102. The second-order valence-electron chi connectivity index (χ2n) is 3.21. The fourth-order valence-electron chi connectivity index (χ4n) is 1.25. The SMILES string of the molecule is Nc1ccc(Cl)c(C(=O)Nc2ccsc2)c1. The summed E-state index contributed by atoms with van der Waals surface area (Å²) in [5, 5.41) is 6.86. The summed E-state index contributed by atoms with van der Waals surface area (Å²) in [5.74, 6) is -0.254. The van der Waals surface area contributed by atoms with Gasteiger partial charge in [0, 0.05) is 11.1 Å². The van der Waals surface area contributed by atoms with Crippen molar-refractivity contribution < 1.29 is 4.79 Å². The topological polar surface area (TPSA) is 55.1 Å². The van der Waals surface area contributed by atoms with E-state index in [1.807, 2.05) is 16.8 Å². The highest BCUT2D eigenvalue weighted by Gasteiger charge is 2.10. The first-order valence-corrected chi connectivity index (χ1v) is 5.87. The van der Waals surface area contributed by atoms with Gasteiger partial charge in [-0.25, -0.2) is 0 Å². The minimum absolute atomic E-state index is 0.254. The number of anilines is 2. The molecule has 5 heteroatoms. The number of rotatable bonds is 2. The van der Waals surface area contributed by atoms with E-state index in [9.17, 15) is 4.79 Å². The molecule has 1 aromatic carbocycles. The van der Waals surface area contributed by atoms with E-state index in [2.05, 4.69) is 5.32 Å². The molecule has 0 aliphatic carbocycles. The van der Waals surface area contributed by atoms with Gasteiger partial charge in [-0.05, 0) is 29.6 Å². The quantitative estimate of drug-likeness (QED) is 0.807. The van der Waals surface area contributed by atoms with Gasteiger partial charge in [-0.1, -0.05) is 11.6 Å². The van der Waals surface area contributed by atoms with Crippen molar-refractivity contribution in [2.45, 2.75) is 0 Å². The third-order valence-corrected chi connectivity index (χ3v) is 3.03. The molecule has 3 nitrogen and oxygen atoms in total. The second kappa shape index (κ2) is 4.55. The Labute approximate surface area is 102 Å². The summed E-state index contributed by atoms with van der Waals surface area (Å²) in [5.41, 5.74) is 7.26. The minimum Gasteiger partial charge on any atom is -0.399 e. The first kappa shape index (κ1) is 11.0. The zero-order valence-corrected chi connectivity index (χ0v) is 9.81. The van der Waals surface area contributed by atoms with Crippen molar-refractivity contribution in [1.82, 2.24) is 0 Å². The second-order valence-corrected chi connectivity index (χ2v) is 4.39. The van der Waals surface area contributed by atoms with E-state index in [1.54, 1.807) is 18.2 Å². The Kier molecular flexibility index (Phi) is 3.12. The first-order chi connectivity index (χ1) is 7.66. The van der Waals surface area contributed by atoms with Crippen molar-refractivity contribution in [3.8, 4) is 0 Å². The smallest absolute Gasteiger partial charge is 0.257 e. The summed E-state index contributed by atoms with van der Waals surface area (Å²) in [6.45, 7) is 0. The molecule has 0 spiro atoms. The highest BCUT2D eigenvalue weighted by atomic mass is 35.5. The lowest BCUT2D eigenvalue weighted by atomic mass is 10.2. The predicted molar refractivity (Wildman–Crippen MR) is 68.1 cm³/mol. The van der Waals surface area contributed by atoms with Crippen LogP contribution in [0.1, 0.15) is 10.4 Å². The van der Waals surface area contributed by atoms with Crippen molar-refractivity contribution in [3.63, 3.8) is 0 Å². The molecule has 0 aliphatic heterocycles. The number of halogens is 1. The summed E-state index contributed by atoms with van der Waals surface area (Å²) in [4.78, 5) is 11.8. The van der Waals surface area contributed by atoms with Crippen molar-refractivity contribution in [2.24, 2.45) is 0 Å². The van der Waals surface area contributed by atoms with Gasteiger partial charge in [0.2, 0.25) is 0 Å². The minimum atomic E-state index is -0.254. The Morgan fingerprint density at radius 1 is 1.38 bits per heavy atom. The van der Waals surface area contributed by atoms with E-state index in [1.165, 1.54) is 11.3 Å². The van der Waals surface area contributed by atoms with Crippen molar-refractivity contribution in [1.29, 1.82) is 0 Å². The van der Waals surface area contributed by atoms with Crippen LogP contribution in [-0.4, -0.2) is 5.91 Å². The van der Waals surface area contributed by atoms with Gasteiger partial charge in [-0.3, -0.25) is 4.79 Å². The van der Waals surface area contributed by atoms with E-state index < -0.39 is 0 Å². The van der Waals surface area contributed by atoms with Crippen LogP contribution in [-0.2, 0) is 0 Å². The molecule has 2 rings (SSSR count). The number of nitrogens with one attached hydrogen (secondary N) is 1. The maximum atomic E-state index is 11.8. The Hall–Kier alpha value is -1.52. The van der Waals surface area contributed by atoms with Crippen LogP contribution in [0.15, 0.2) is 35.0 Å². The number of carbonyl (C=O) groups is 1. The molecule has 0 radical (unpaired) electrons. The van der Waals surface area contributed by atoms with Crippen LogP contribution in [0.25, 0.3) is 0 Å². The molecule has 1 heterocycles. The van der Waals surface area contributed by atoms with E-state index in [-0.39, 0.29) is 5.91 Å². The summed E-state index contributed by atoms with van der Waals surface area (Å²) in [6.07, 6.45) is 0. The average molecular weight is 253 g/mol. The highest BCUT2D eigenvalue weighted by molar-refractivity contribution is 7.08. The number of amides is 1. The van der Waals surface area contributed by atoms with Crippen molar-refractivity contribution in [2.75, 3.05) is 11.1 Å². The molecular formula is C11H9ClN2OS. The van der Waals surface area contributed by atoms with E-state index in [0.717, 1.165) is 5.69 Å². The van der Waals surface area contributed by atoms with E-state index in [4.69, 9.17) is 17.3 Å². The Bertz CT molecular complexity index is 511. The Balaban J connectivity index is 2.24. The lowest BCUT2D eigenvalue weighted by Gasteiger charge is -2.05. The molecule has 0 saturated carbocycles. The zero-order valence-electron chi connectivity index (χ0n) is 8.24. The van der Waals surface area contributed by atoms with E-state index in [0.29, 0.717) is 16.3 Å². The fourth-order valence-corrected chi connectivity index (χ4v) is 2.04. The molecule has 3 N–H and O–H groups in total. The first-order valence-electron chi connectivity index (χ1n) is 4.55. The van der Waals surface area contributed by atoms with Crippen LogP contribution in [0, 0.1) is 0 Å².